The molecule has 0 aromatic carbocycles. The number of esters is 1. The van der Waals surface area contributed by atoms with E-state index >= 15 is 0 Å². The zero-order valence-corrected chi connectivity index (χ0v) is 23.1. The predicted octanol–water partition coefficient (Wildman–Crippen LogP) is 1.11. The first-order valence-electron chi connectivity index (χ1n) is 12.2. The minimum Gasteiger partial charge on any atom is -0.480 e. The number of nitrogens with one attached hydrogen (secondary N) is 2. The van der Waals surface area contributed by atoms with E-state index in [0.29, 0.717) is 4.57 Å². The van der Waals surface area contributed by atoms with Crippen molar-refractivity contribution in [2.75, 3.05) is 19.5 Å². The summed E-state index contributed by atoms with van der Waals surface area (Å²) >= 11 is 0. The summed E-state index contributed by atoms with van der Waals surface area (Å²) < 4.78 is 59.5. The first kappa shape index (κ1) is 32.7. The number of aromatic nitrogens is 2. The molecule has 1 aromatic rings. The van der Waals surface area contributed by atoms with E-state index in [4.69, 9.17) is 19.7 Å². The summed E-state index contributed by atoms with van der Waals surface area (Å²) in [6.45, 7) is 6.06. The van der Waals surface area contributed by atoms with Crippen LogP contribution in [0.4, 0.5) is 14.6 Å². The summed E-state index contributed by atoms with van der Waals surface area (Å²) in [6.07, 6.45) is -5.59. The smallest absolute Gasteiger partial charge is 0.351 e. The second kappa shape index (κ2) is 13.2. The Morgan fingerprint density at radius 2 is 1.79 bits per heavy atom. The molecule has 0 bridgehead atoms. The Balaban J connectivity index is 2.35. The van der Waals surface area contributed by atoms with Gasteiger partial charge < -0.3 is 29.9 Å². The Morgan fingerprint density at radius 1 is 1.23 bits per heavy atom. The van der Waals surface area contributed by atoms with Gasteiger partial charge in [0.05, 0.1) is 13.7 Å². The van der Waals surface area contributed by atoms with Crippen LogP contribution in [0.15, 0.2) is 17.1 Å². The predicted molar refractivity (Wildman–Crippen MR) is 134 cm³/mol. The van der Waals surface area contributed by atoms with Crippen molar-refractivity contribution >= 4 is 25.4 Å². The van der Waals surface area contributed by atoms with Gasteiger partial charge in [0.15, 0.2) is 6.10 Å². The topological polar surface area (TPSA) is 204 Å². The number of carboxylic acid groups (broad SMARTS) is 1. The number of aliphatic hydroxyl groups excluding tert-OH is 1. The van der Waals surface area contributed by atoms with Crippen LogP contribution < -0.4 is 21.6 Å². The van der Waals surface area contributed by atoms with Gasteiger partial charge in [-0.3, -0.25) is 18.7 Å². The molecule has 1 aromatic heterocycles. The molecule has 39 heavy (non-hydrogen) atoms. The molecule has 0 aliphatic carbocycles. The van der Waals surface area contributed by atoms with Crippen molar-refractivity contribution in [3.63, 3.8) is 0 Å². The summed E-state index contributed by atoms with van der Waals surface area (Å²) in [5.74, 6) is -6.67. The van der Waals surface area contributed by atoms with Gasteiger partial charge in [-0.1, -0.05) is 27.7 Å². The molecule has 6 N–H and O–H groups in total. The number of halogens is 2. The number of nitrogens with two attached hydrogens (primary N) is 1. The second-order valence-electron chi connectivity index (χ2n) is 10.0. The van der Waals surface area contributed by atoms with Crippen LogP contribution in [-0.2, 0) is 28.2 Å². The molecule has 222 valence electrons. The molecule has 14 nitrogen and oxygen atoms in total. The summed E-state index contributed by atoms with van der Waals surface area (Å²) in [7, 11) is -3.40. The molecule has 2 rings (SSSR count). The van der Waals surface area contributed by atoms with Gasteiger partial charge in [0.25, 0.3) is 0 Å². The maximum absolute atomic E-state index is 14.9. The monoisotopic (exact) mass is 583 g/mol. The number of aliphatic carboxylic acids is 1. The standard InChI is InChI=1S/C22H36F2N5O9P/c1-11(2)8-13(18(31)32)27-39(35,28-14(9-12(3)4)19(33)36-5)37-10-15-17(30)22(23,24)20(38-15)29-7-6-16(25)26-21(29)34/h6-7,11-15,17,20,30H,8-10H2,1-5H3,(H,31,32)(H2,25,26,34)(H2,27,28,35)/t13?,14?,15-,17-,20-,39?/m1/s1. The van der Waals surface area contributed by atoms with E-state index in [1.165, 1.54) is 0 Å². The molecule has 6 atom stereocenters. The third kappa shape index (κ3) is 8.50. The highest BCUT2D eigenvalue weighted by molar-refractivity contribution is 7.54. The van der Waals surface area contributed by atoms with Gasteiger partial charge in [0.2, 0.25) is 6.23 Å². The third-order valence-electron chi connectivity index (χ3n) is 5.75. The average Bonchev–Trinajstić information content (AvgIpc) is 3.04. The largest absolute Gasteiger partial charge is 0.480 e. The van der Waals surface area contributed by atoms with E-state index in [9.17, 15) is 37.9 Å². The quantitative estimate of drug-likeness (QED) is 0.154. The molecule has 1 aliphatic rings. The lowest BCUT2D eigenvalue weighted by atomic mass is 10.1. The number of aliphatic hydroxyl groups is 1. The number of hydrogen-bond donors (Lipinski definition) is 5. The van der Waals surface area contributed by atoms with Crippen LogP contribution in [0.3, 0.4) is 0 Å². The number of ether oxygens (including phenoxy) is 2. The highest BCUT2D eigenvalue weighted by atomic mass is 31.2. The van der Waals surface area contributed by atoms with Gasteiger partial charge in [-0.2, -0.15) is 13.8 Å². The van der Waals surface area contributed by atoms with Crippen LogP contribution in [0.5, 0.6) is 0 Å². The number of carboxylic acids is 1. The van der Waals surface area contributed by atoms with Gasteiger partial charge in [-0.25, -0.2) is 15.0 Å². The molecule has 1 fully saturated rings. The van der Waals surface area contributed by atoms with Gasteiger partial charge >= 0.3 is 31.2 Å². The van der Waals surface area contributed by atoms with Crippen molar-refractivity contribution in [3.05, 3.63) is 22.7 Å². The fourth-order valence-corrected chi connectivity index (χ4v) is 5.73. The normalized spacial score (nSPS) is 23.9. The Morgan fingerprint density at radius 3 is 2.31 bits per heavy atom. The van der Waals surface area contributed by atoms with Crippen LogP contribution in [0.2, 0.25) is 0 Å². The maximum atomic E-state index is 14.9. The van der Waals surface area contributed by atoms with Crippen LogP contribution in [-0.4, -0.2) is 75.6 Å². The Kier molecular flexibility index (Phi) is 11.1. The Labute approximate surface area is 223 Å². The zero-order chi connectivity index (χ0) is 29.7. The van der Waals surface area contributed by atoms with E-state index in [2.05, 4.69) is 15.2 Å². The Bertz CT molecular complexity index is 1120. The second-order valence-corrected chi connectivity index (χ2v) is 11.9. The van der Waals surface area contributed by atoms with Crippen molar-refractivity contribution in [2.24, 2.45) is 11.8 Å². The lowest BCUT2D eigenvalue weighted by Crippen LogP contribution is -2.46. The van der Waals surface area contributed by atoms with Crippen LogP contribution in [0, 0.1) is 11.8 Å². The number of methoxy groups -OCH3 is 1. The highest BCUT2D eigenvalue weighted by Crippen LogP contribution is 2.45. The molecule has 2 heterocycles. The molecular formula is C22H36F2N5O9P. The van der Waals surface area contributed by atoms with E-state index < -0.39 is 68.3 Å². The van der Waals surface area contributed by atoms with E-state index in [0.717, 1.165) is 19.4 Å². The number of hydrogen-bond acceptors (Lipinski definition) is 10. The van der Waals surface area contributed by atoms with Gasteiger partial charge in [-0.05, 0) is 30.7 Å². The first-order valence-corrected chi connectivity index (χ1v) is 13.8. The highest BCUT2D eigenvalue weighted by Gasteiger charge is 2.60. The molecule has 1 saturated heterocycles. The molecular weight excluding hydrogens is 547 g/mol. The minimum absolute atomic E-state index is 0.00713. The van der Waals surface area contributed by atoms with E-state index in [1.54, 1.807) is 27.7 Å². The fraction of sp³-hybridized carbons (Fsp3) is 0.727. The summed E-state index contributed by atoms with van der Waals surface area (Å²) in [5.41, 5.74) is 4.24. The van der Waals surface area contributed by atoms with Crippen molar-refractivity contribution in [1.82, 2.24) is 19.7 Å². The summed E-state index contributed by atoms with van der Waals surface area (Å²) in [5, 5.41) is 24.8. The minimum atomic E-state index is -4.51. The van der Waals surface area contributed by atoms with E-state index in [-0.39, 0.29) is 30.5 Å². The number of anilines is 1. The van der Waals surface area contributed by atoms with Gasteiger partial charge in [-0.15, -0.1) is 0 Å². The van der Waals surface area contributed by atoms with E-state index in [1.807, 2.05) is 0 Å². The lowest BCUT2D eigenvalue weighted by Gasteiger charge is -2.29. The van der Waals surface area contributed by atoms with Crippen molar-refractivity contribution in [3.8, 4) is 0 Å². The average molecular weight is 584 g/mol. The van der Waals surface area contributed by atoms with Crippen molar-refractivity contribution in [2.45, 2.75) is 77.0 Å². The van der Waals surface area contributed by atoms with Gasteiger partial charge in [0, 0.05) is 6.20 Å². The number of alkyl halides is 2. The summed E-state index contributed by atoms with van der Waals surface area (Å²) in [4.78, 5) is 39.7. The first-order chi connectivity index (χ1) is 18.0. The Hall–Kier alpha value is -2.49. The molecule has 17 heteroatoms. The van der Waals surface area contributed by atoms with Crippen LogP contribution in [0.25, 0.3) is 0 Å². The molecule has 0 amide bonds. The number of nitrogens with zero attached hydrogens (tertiary/aromatic N) is 2. The molecule has 0 radical (unpaired) electrons. The summed E-state index contributed by atoms with van der Waals surface area (Å²) in [6, 6.07) is -1.55. The fourth-order valence-electron chi connectivity index (χ4n) is 3.91. The number of rotatable bonds is 14. The third-order valence-corrected chi connectivity index (χ3v) is 7.57. The number of carbonyl (C=O) groups excluding carboxylic acids is 1. The number of nitrogen functional groups attached to an aromatic ring is 1. The molecule has 3 unspecified atom stereocenters. The van der Waals surface area contributed by atoms with Gasteiger partial charge in [0.1, 0.15) is 24.0 Å². The SMILES string of the molecule is COC(=O)C(CC(C)C)NP(=O)(NC(CC(C)C)C(=O)O)OC[C@H]1O[C@@H](n2ccc(N)nc2=O)C(F)(F)[C@@H]1O. The number of carbonyl (C=O) groups is 2. The lowest BCUT2D eigenvalue weighted by molar-refractivity contribution is -0.143. The zero-order valence-electron chi connectivity index (χ0n) is 22.2. The van der Waals surface area contributed by atoms with Crippen molar-refractivity contribution < 1.29 is 47.1 Å². The molecule has 0 saturated carbocycles. The maximum Gasteiger partial charge on any atom is 0.351 e. The van der Waals surface area contributed by atoms with Crippen LogP contribution >= 0.6 is 7.67 Å². The van der Waals surface area contributed by atoms with Crippen molar-refractivity contribution in [1.29, 1.82) is 0 Å². The molecule has 1 aliphatic heterocycles. The van der Waals surface area contributed by atoms with Crippen LogP contribution in [0.1, 0.15) is 46.8 Å². The molecule has 0 spiro atoms.